The van der Waals surface area contributed by atoms with Gasteiger partial charge in [-0.1, -0.05) is 39.7 Å². The normalized spacial score (nSPS) is 33.7. The average Bonchev–Trinajstić information content (AvgIpc) is 3.22. The standard InChI is InChI=1S/C29H25BrCl2N2O5/c1-13-10-15(11-14(2)23(13)35)22-18-8-9-19-21(25(37)34(24(19)36)17-6-4-16(30)5-7-17)20(18)12-28(31)26(38)33(3)27(39)29(22,28)32/h4-8,10-11,19-22,35H,9,12H2,1-3H3/t19-,20+,21-,22-,28+,29-/m0/s1. The summed E-state index contributed by atoms with van der Waals surface area (Å²) in [5.41, 5.74) is 2.99. The Labute approximate surface area is 243 Å². The van der Waals surface area contributed by atoms with E-state index in [1.165, 1.54) is 11.9 Å². The summed E-state index contributed by atoms with van der Waals surface area (Å²) >= 11 is 17.8. The Kier molecular flexibility index (Phi) is 5.89. The third-order valence-corrected chi connectivity index (χ3v) is 10.9. The molecule has 6 rings (SSSR count). The van der Waals surface area contributed by atoms with Crippen molar-refractivity contribution in [3.8, 4) is 5.75 Å². The van der Waals surface area contributed by atoms with Gasteiger partial charge in [-0.25, -0.2) is 0 Å². The maximum absolute atomic E-state index is 14.0. The molecule has 4 aliphatic rings. The zero-order chi connectivity index (χ0) is 28.2. The Balaban J connectivity index is 1.53. The Hall–Kier alpha value is -2.68. The molecule has 7 nitrogen and oxygen atoms in total. The van der Waals surface area contributed by atoms with Crippen molar-refractivity contribution in [2.45, 2.75) is 42.4 Å². The molecule has 2 aromatic rings. The number of benzene rings is 2. The molecule has 3 fully saturated rings. The molecule has 202 valence electrons. The highest BCUT2D eigenvalue weighted by Gasteiger charge is 2.75. The number of nitrogens with zero attached hydrogens (tertiary/aromatic N) is 2. The summed E-state index contributed by atoms with van der Waals surface area (Å²) in [7, 11) is 1.36. The van der Waals surface area contributed by atoms with E-state index in [1.807, 2.05) is 6.08 Å². The number of carbonyl (C=O) groups is 4. The maximum atomic E-state index is 14.0. The number of phenols is 1. The van der Waals surface area contributed by atoms with Gasteiger partial charge in [0.1, 0.15) is 5.75 Å². The predicted molar refractivity (Wildman–Crippen MR) is 150 cm³/mol. The van der Waals surface area contributed by atoms with Crippen LogP contribution in [0.3, 0.4) is 0 Å². The molecule has 0 unspecified atom stereocenters. The van der Waals surface area contributed by atoms with Crippen molar-refractivity contribution in [3.05, 3.63) is 69.2 Å². The van der Waals surface area contributed by atoms with E-state index in [0.717, 1.165) is 14.9 Å². The van der Waals surface area contributed by atoms with Crippen LogP contribution in [0.2, 0.25) is 0 Å². The van der Waals surface area contributed by atoms with Gasteiger partial charge in [0.25, 0.3) is 11.8 Å². The molecule has 6 atom stereocenters. The largest absolute Gasteiger partial charge is 0.507 e. The number of allylic oxidation sites excluding steroid dienone is 2. The number of carbonyl (C=O) groups excluding carboxylic acids is 4. The summed E-state index contributed by atoms with van der Waals surface area (Å²) in [6.07, 6.45) is 2.14. The Morgan fingerprint density at radius 2 is 1.56 bits per heavy atom. The Morgan fingerprint density at radius 3 is 2.18 bits per heavy atom. The summed E-state index contributed by atoms with van der Waals surface area (Å²) in [6, 6.07) is 10.4. The van der Waals surface area contributed by atoms with Crippen LogP contribution in [-0.2, 0) is 19.2 Å². The summed E-state index contributed by atoms with van der Waals surface area (Å²) in [4.78, 5) is 53.3. The first kappa shape index (κ1) is 26.5. The number of halogens is 3. The number of imide groups is 2. The van der Waals surface area contributed by atoms with Gasteiger partial charge >= 0.3 is 0 Å². The second-order valence-electron chi connectivity index (χ2n) is 11.0. The molecule has 0 bridgehead atoms. The van der Waals surface area contributed by atoms with Crippen LogP contribution in [0.4, 0.5) is 5.69 Å². The number of hydrogen-bond acceptors (Lipinski definition) is 5. The first-order valence-electron chi connectivity index (χ1n) is 12.7. The fourth-order valence-corrected chi connectivity index (χ4v) is 8.40. The molecule has 4 amide bonds. The molecule has 1 N–H and O–H groups in total. The van der Waals surface area contributed by atoms with Gasteiger partial charge in [-0.2, -0.15) is 0 Å². The molecule has 0 spiro atoms. The van der Waals surface area contributed by atoms with Crippen LogP contribution in [-0.4, -0.2) is 50.4 Å². The van der Waals surface area contributed by atoms with Crippen molar-refractivity contribution in [1.82, 2.24) is 4.90 Å². The summed E-state index contributed by atoms with van der Waals surface area (Å²) in [5, 5.41) is 10.4. The number of hydrogen-bond donors (Lipinski definition) is 1. The molecule has 2 heterocycles. The summed E-state index contributed by atoms with van der Waals surface area (Å²) in [6.45, 7) is 3.49. The monoisotopic (exact) mass is 630 g/mol. The third-order valence-electron chi connectivity index (χ3n) is 8.95. The van der Waals surface area contributed by atoms with Gasteiger partial charge in [-0.3, -0.25) is 29.0 Å². The maximum Gasteiger partial charge on any atom is 0.253 e. The van der Waals surface area contributed by atoms with Gasteiger partial charge < -0.3 is 5.11 Å². The minimum absolute atomic E-state index is 0.0558. The summed E-state index contributed by atoms with van der Waals surface area (Å²) < 4.78 is 0.817. The highest BCUT2D eigenvalue weighted by atomic mass is 79.9. The fourth-order valence-electron chi connectivity index (χ4n) is 7.12. The highest BCUT2D eigenvalue weighted by molar-refractivity contribution is 9.10. The molecule has 2 saturated heterocycles. The fraction of sp³-hybridized carbons (Fsp3) is 0.379. The summed E-state index contributed by atoms with van der Waals surface area (Å²) in [5.74, 6) is -4.57. The van der Waals surface area contributed by atoms with E-state index >= 15 is 0 Å². The minimum atomic E-state index is -1.84. The van der Waals surface area contributed by atoms with Crippen molar-refractivity contribution in [1.29, 1.82) is 0 Å². The van der Waals surface area contributed by atoms with Crippen LogP contribution in [0, 0.1) is 31.6 Å². The molecule has 39 heavy (non-hydrogen) atoms. The van der Waals surface area contributed by atoms with Crippen molar-refractivity contribution < 1.29 is 24.3 Å². The number of phenolic OH excluding ortho intramolecular Hbond substituents is 1. The zero-order valence-electron chi connectivity index (χ0n) is 21.4. The lowest BCUT2D eigenvalue weighted by Crippen LogP contribution is -2.60. The first-order chi connectivity index (χ1) is 18.3. The molecule has 0 radical (unpaired) electrons. The van der Waals surface area contributed by atoms with Crippen molar-refractivity contribution in [2.24, 2.45) is 17.8 Å². The number of fused-ring (bicyclic) bond motifs is 4. The van der Waals surface area contributed by atoms with E-state index in [-0.39, 0.29) is 24.0 Å². The number of aryl methyl sites for hydroxylation is 2. The highest BCUT2D eigenvalue weighted by Crippen LogP contribution is 2.65. The van der Waals surface area contributed by atoms with Crippen LogP contribution in [0.1, 0.15) is 35.4 Å². The molecule has 10 heteroatoms. The van der Waals surface area contributed by atoms with E-state index < -0.39 is 45.2 Å². The van der Waals surface area contributed by atoms with Gasteiger partial charge in [0.15, 0.2) is 9.75 Å². The van der Waals surface area contributed by atoms with Crippen LogP contribution in [0.25, 0.3) is 0 Å². The van der Waals surface area contributed by atoms with E-state index in [1.54, 1.807) is 50.2 Å². The van der Waals surface area contributed by atoms with Gasteiger partial charge in [0, 0.05) is 17.4 Å². The number of amides is 4. The quantitative estimate of drug-likeness (QED) is 0.287. The molecular formula is C29H25BrCl2N2O5. The average molecular weight is 632 g/mol. The molecular weight excluding hydrogens is 607 g/mol. The third kappa shape index (κ3) is 3.34. The number of aromatic hydroxyl groups is 1. The lowest BCUT2D eigenvalue weighted by atomic mass is 9.56. The second-order valence-corrected chi connectivity index (χ2v) is 13.1. The van der Waals surface area contributed by atoms with E-state index in [2.05, 4.69) is 15.9 Å². The van der Waals surface area contributed by atoms with Crippen LogP contribution in [0.15, 0.2) is 52.5 Å². The minimum Gasteiger partial charge on any atom is -0.507 e. The zero-order valence-corrected chi connectivity index (χ0v) is 24.5. The molecule has 1 saturated carbocycles. The Bertz CT molecular complexity index is 1500. The molecule has 2 aliphatic carbocycles. The van der Waals surface area contributed by atoms with Gasteiger partial charge in [-0.15, -0.1) is 23.2 Å². The van der Waals surface area contributed by atoms with Crippen molar-refractivity contribution in [3.63, 3.8) is 0 Å². The number of rotatable bonds is 2. The van der Waals surface area contributed by atoms with Crippen molar-refractivity contribution in [2.75, 3.05) is 11.9 Å². The van der Waals surface area contributed by atoms with Gasteiger partial charge in [0.05, 0.1) is 17.5 Å². The number of likely N-dealkylation sites (tertiary alicyclic amines) is 1. The lowest BCUT2D eigenvalue weighted by Gasteiger charge is -2.51. The SMILES string of the molecule is Cc1cc([C@H]2C3=CC[C@@H]4C(=O)N(c5ccc(Br)cc5)C(=O)[C@@H]4[C@@H]3C[C@@]3(Cl)C(=O)N(C)C(=O)[C@@]23Cl)cc(C)c1O. The number of anilines is 1. The topological polar surface area (TPSA) is 95.0 Å². The predicted octanol–water partition coefficient (Wildman–Crippen LogP) is 4.96. The smallest absolute Gasteiger partial charge is 0.253 e. The van der Waals surface area contributed by atoms with Crippen molar-refractivity contribution >= 4 is 68.4 Å². The molecule has 2 aromatic carbocycles. The lowest BCUT2D eigenvalue weighted by molar-refractivity contribution is -0.138. The van der Waals surface area contributed by atoms with Gasteiger partial charge in [-0.05, 0) is 73.6 Å². The van der Waals surface area contributed by atoms with E-state index in [0.29, 0.717) is 28.8 Å². The van der Waals surface area contributed by atoms with Crippen LogP contribution in [0.5, 0.6) is 5.75 Å². The molecule has 2 aliphatic heterocycles. The molecule has 0 aromatic heterocycles. The van der Waals surface area contributed by atoms with Crippen LogP contribution >= 0.6 is 39.1 Å². The van der Waals surface area contributed by atoms with E-state index in [9.17, 15) is 24.3 Å². The first-order valence-corrected chi connectivity index (χ1v) is 14.2. The van der Waals surface area contributed by atoms with Crippen LogP contribution < -0.4 is 4.90 Å². The van der Waals surface area contributed by atoms with Gasteiger partial charge in [0.2, 0.25) is 11.8 Å². The Morgan fingerprint density at radius 1 is 0.949 bits per heavy atom. The number of alkyl halides is 2. The van der Waals surface area contributed by atoms with E-state index in [4.69, 9.17) is 23.2 Å². The second kappa shape index (κ2) is 8.66.